The summed E-state index contributed by atoms with van der Waals surface area (Å²) < 4.78 is 1.52. The zero-order valence-corrected chi connectivity index (χ0v) is 18.6. The number of aromatic nitrogens is 2. The number of benzene rings is 2. The molecule has 2 N–H and O–H groups in total. The highest BCUT2D eigenvalue weighted by atomic mass is 35.5. The van der Waals surface area contributed by atoms with Gasteiger partial charge in [0, 0.05) is 29.0 Å². The Kier molecular flexibility index (Phi) is 7.20. The maximum atomic E-state index is 13.0. The number of H-pyrrole nitrogens is 1. The summed E-state index contributed by atoms with van der Waals surface area (Å²) in [6.45, 7) is 4.03. The number of carbonyl (C=O) groups is 2. The lowest BCUT2D eigenvalue weighted by molar-refractivity contribution is -0.116. The van der Waals surface area contributed by atoms with E-state index in [0.717, 1.165) is 5.69 Å². The fourth-order valence-corrected chi connectivity index (χ4v) is 3.64. The van der Waals surface area contributed by atoms with Crippen molar-refractivity contribution >= 4 is 40.7 Å². The van der Waals surface area contributed by atoms with E-state index in [4.69, 9.17) is 23.2 Å². The lowest BCUT2D eigenvalue weighted by atomic mass is 10.1. The zero-order valence-electron chi connectivity index (χ0n) is 17.1. The molecule has 0 radical (unpaired) electrons. The molecule has 0 saturated carbocycles. The van der Waals surface area contributed by atoms with Crippen LogP contribution in [-0.2, 0) is 4.79 Å². The molecule has 0 aliphatic carbocycles. The Bertz CT molecular complexity index is 1150. The molecule has 3 rings (SSSR count). The second-order valence-electron chi connectivity index (χ2n) is 7.02. The molecule has 7 nitrogen and oxygen atoms in total. The van der Waals surface area contributed by atoms with Gasteiger partial charge in [0.2, 0.25) is 5.91 Å². The summed E-state index contributed by atoms with van der Waals surface area (Å²) in [5.41, 5.74) is 2.01. The number of hydrogen-bond donors (Lipinski definition) is 2. The van der Waals surface area contributed by atoms with Gasteiger partial charge in [-0.05, 0) is 55.8 Å². The van der Waals surface area contributed by atoms with Crippen LogP contribution in [-0.4, -0.2) is 39.4 Å². The van der Waals surface area contributed by atoms with Gasteiger partial charge in [-0.1, -0.05) is 30.1 Å². The standard InChI is InChI=1S/C22H22Cl2N4O3/c1-3-10-27(13-20(29)26-19-9-6-16(23)11-18(19)24)21(30)15-4-7-17(8-5-15)28-14(2)12-25-22(28)31/h4-9,11-12H,3,10,13H2,1-2H3,(H,25,31)(H,26,29). The Morgan fingerprint density at radius 2 is 1.84 bits per heavy atom. The number of hydrogen-bond acceptors (Lipinski definition) is 3. The van der Waals surface area contributed by atoms with Gasteiger partial charge < -0.3 is 15.2 Å². The lowest BCUT2D eigenvalue weighted by Crippen LogP contribution is -2.38. The van der Waals surface area contributed by atoms with Gasteiger partial charge in [0.15, 0.2) is 0 Å². The predicted octanol–water partition coefficient (Wildman–Crippen LogP) is 4.27. The van der Waals surface area contributed by atoms with E-state index in [2.05, 4.69) is 10.3 Å². The Morgan fingerprint density at radius 1 is 1.13 bits per heavy atom. The normalized spacial score (nSPS) is 10.7. The summed E-state index contributed by atoms with van der Waals surface area (Å²) in [6, 6.07) is 11.5. The predicted molar refractivity (Wildman–Crippen MR) is 122 cm³/mol. The van der Waals surface area contributed by atoms with Crippen molar-refractivity contribution in [2.24, 2.45) is 0 Å². The molecule has 0 bridgehead atoms. The molecule has 1 heterocycles. The van der Waals surface area contributed by atoms with Gasteiger partial charge in [0.1, 0.15) is 6.54 Å². The highest BCUT2D eigenvalue weighted by Crippen LogP contribution is 2.25. The zero-order chi connectivity index (χ0) is 22.5. The SMILES string of the molecule is CCCN(CC(=O)Nc1ccc(Cl)cc1Cl)C(=O)c1ccc(-n2c(C)c[nH]c2=O)cc1. The van der Waals surface area contributed by atoms with Crippen molar-refractivity contribution in [1.29, 1.82) is 0 Å². The van der Waals surface area contributed by atoms with E-state index in [9.17, 15) is 14.4 Å². The van der Waals surface area contributed by atoms with Gasteiger partial charge in [-0.25, -0.2) is 4.79 Å². The smallest absolute Gasteiger partial charge is 0.329 e. The van der Waals surface area contributed by atoms with Crippen molar-refractivity contribution in [1.82, 2.24) is 14.5 Å². The quantitative estimate of drug-likeness (QED) is 0.551. The molecule has 9 heteroatoms. The van der Waals surface area contributed by atoms with Crippen LogP contribution in [0.25, 0.3) is 5.69 Å². The van der Waals surface area contributed by atoms with Gasteiger partial charge in [0.05, 0.1) is 16.4 Å². The number of amides is 2. The average molecular weight is 461 g/mol. The summed E-state index contributed by atoms with van der Waals surface area (Å²) in [6.07, 6.45) is 2.31. The molecule has 2 amide bonds. The highest BCUT2D eigenvalue weighted by molar-refractivity contribution is 6.36. The summed E-state index contributed by atoms with van der Waals surface area (Å²) in [5, 5.41) is 3.49. The number of carbonyl (C=O) groups excluding carboxylic acids is 2. The first-order valence-electron chi connectivity index (χ1n) is 9.71. The largest absolute Gasteiger partial charge is 0.330 e. The van der Waals surface area contributed by atoms with Crippen LogP contribution in [0.15, 0.2) is 53.5 Å². The minimum Gasteiger partial charge on any atom is -0.329 e. The van der Waals surface area contributed by atoms with Crippen LogP contribution in [0, 0.1) is 6.92 Å². The van der Waals surface area contributed by atoms with Gasteiger partial charge in [-0.2, -0.15) is 0 Å². The molecular formula is C22H22Cl2N4O3. The molecule has 0 atom stereocenters. The van der Waals surface area contributed by atoms with Crippen molar-refractivity contribution in [3.8, 4) is 5.69 Å². The van der Waals surface area contributed by atoms with Crippen molar-refractivity contribution < 1.29 is 9.59 Å². The maximum absolute atomic E-state index is 13.0. The molecule has 0 saturated heterocycles. The van der Waals surface area contributed by atoms with E-state index in [1.807, 2.05) is 13.8 Å². The van der Waals surface area contributed by atoms with Crippen molar-refractivity contribution in [2.75, 3.05) is 18.4 Å². The number of anilines is 1. The van der Waals surface area contributed by atoms with Crippen LogP contribution in [0.5, 0.6) is 0 Å². The number of aryl methyl sites for hydroxylation is 1. The second kappa shape index (κ2) is 9.85. The Hall–Kier alpha value is -3.03. The molecule has 2 aromatic carbocycles. The van der Waals surface area contributed by atoms with Crippen LogP contribution < -0.4 is 11.0 Å². The van der Waals surface area contributed by atoms with Crippen LogP contribution in [0.3, 0.4) is 0 Å². The van der Waals surface area contributed by atoms with E-state index in [0.29, 0.717) is 39.9 Å². The van der Waals surface area contributed by atoms with Crippen molar-refractivity contribution in [3.05, 3.63) is 80.4 Å². The summed E-state index contributed by atoms with van der Waals surface area (Å²) >= 11 is 12.0. The van der Waals surface area contributed by atoms with E-state index >= 15 is 0 Å². The summed E-state index contributed by atoms with van der Waals surface area (Å²) in [7, 11) is 0. The van der Waals surface area contributed by atoms with Crippen LogP contribution in [0.2, 0.25) is 10.0 Å². The van der Waals surface area contributed by atoms with Crippen LogP contribution in [0.4, 0.5) is 5.69 Å². The molecule has 31 heavy (non-hydrogen) atoms. The first-order chi connectivity index (χ1) is 14.8. The fraction of sp³-hybridized carbons (Fsp3) is 0.227. The third kappa shape index (κ3) is 5.37. The van der Waals surface area contributed by atoms with Gasteiger partial charge >= 0.3 is 5.69 Å². The maximum Gasteiger partial charge on any atom is 0.330 e. The first kappa shape index (κ1) is 22.7. The minimum absolute atomic E-state index is 0.121. The number of rotatable bonds is 7. The molecule has 0 unspecified atom stereocenters. The average Bonchev–Trinajstić information content (AvgIpc) is 3.07. The third-order valence-corrected chi connectivity index (χ3v) is 5.20. The molecule has 3 aromatic rings. The van der Waals surface area contributed by atoms with Crippen molar-refractivity contribution in [3.63, 3.8) is 0 Å². The second-order valence-corrected chi connectivity index (χ2v) is 7.86. The Labute approximate surface area is 189 Å². The van der Waals surface area contributed by atoms with Crippen LogP contribution >= 0.6 is 23.2 Å². The number of imidazole rings is 1. The van der Waals surface area contributed by atoms with Gasteiger partial charge in [0.25, 0.3) is 5.91 Å². The lowest BCUT2D eigenvalue weighted by Gasteiger charge is -2.22. The van der Waals surface area contributed by atoms with E-state index < -0.39 is 0 Å². The summed E-state index contributed by atoms with van der Waals surface area (Å²) in [4.78, 5) is 41.5. The molecule has 162 valence electrons. The Balaban J connectivity index is 1.74. The molecular weight excluding hydrogens is 439 g/mol. The number of halogens is 2. The molecule has 0 aliphatic heterocycles. The number of aromatic amines is 1. The van der Waals surface area contributed by atoms with E-state index in [-0.39, 0.29) is 24.0 Å². The Morgan fingerprint density at radius 3 is 2.42 bits per heavy atom. The number of nitrogens with zero attached hydrogens (tertiary/aromatic N) is 2. The fourth-order valence-electron chi connectivity index (χ4n) is 3.19. The van der Waals surface area contributed by atoms with E-state index in [1.54, 1.807) is 42.6 Å². The molecule has 0 spiro atoms. The third-order valence-electron chi connectivity index (χ3n) is 4.65. The number of nitrogens with one attached hydrogen (secondary N) is 2. The van der Waals surface area contributed by atoms with Crippen molar-refractivity contribution in [2.45, 2.75) is 20.3 Å². The highest BCUT2D eigenvalue weighted by Gasteiger charge is 2.19. The summed E-state index contributed by atoms with van der Waals surface area (Å²) in [5.74, 6) is -0.638. The molecule has 0 aliphatic rings. The minimum atomic E-state index is -0.364. The van der Waals surface area contributed by atoms with Crippen LogP contribution in [0.1, 0.15) is 29.4 Å². The monoisotopic (exact) mass is 460 g/mol. The molecule has 1 aromatic heterocycles. The van der Waals surface area contributed by atoms with E-state index in [1.165, 1.54) is 15.5 Å². The first-order valence-corrected chi connectivity index (χ1v) is 10.5. The topological polar surface area (TPSA) is 87.2 Å². The molecule has 0 fully saturated rings. The van der Waals surface area contributed by atoms with Gasteiger partial charge in [-0.3, -0.25) is 14.2 Å². The van der Waals surface area contributed by atoms with Gasteiger partial charge in [-0.15, -0.1) is 0 Å².